The minimum absolute atomic E-state index is 0.0499. The first-order chi connectivity index (χ1) is 9.31. The highest BCUT2D eigenvalue weighted by Gasteiger charge is 2.26. The summed E-state index contributed by atoms with van der Waals surface area (Å²) in [4.78, 5) is 0. The molecule has 0 radical (unpaired) electrons. The maximum atomic E-state index is 12.3. The highest BCUT2D eigenvalue weighted by Crippen LogP contribution is 2.29. The van der Waals surface area contributed by atoms with E-state index in [0.717, 1.165) is 27.5 Å². The Hall–Kier alpha value is -0.0700. The summed E-state index contributed by atoms with van der Waals surface area (Å²) >= 11 is 6.82. The Morgan fingerprint density at radius 3 is 2.25 bits per heavy atom. The molecule has 0 aliphatic heterocycles. The third kappa shape index (κ3) is 7.09. The maximum absolute atomic E-state index is 12.3. The van der Waals surface area contributed by atoms with Crippen molar-refractivity contribution in [2.45, 2.75) is 44.8 Å². The van der Waals surface area contributed by atoms with Gasteiger partial charge in [-0.3, -0.25) is 0 Å². The van der Waals surface area contributed by atoms with Crippen LogP contribution >= 0.6 is 31.9 Å². The summed E-state index contributed by atoms with van der Waals surface area (Å²) in [5.41, 5.74) is 1.00. The third-order valence-electron chi connectivity index (χ3n) is 2.88. The van der Waals surface area contributed by atoms with Gasteiger partial charge in [-0.15, -0.1) is 0 Å². The van der Waals surface area contributed by atoms with Gasteiger partial charge in [-0.1, -0.05) is 38.8 Å². The zero-order chi connectivity index (χ0) is 15.2. The number of hydrogen-bond donors (Lipinski definition) is 1. The second-order valence-electron chi connectivity index (χ2n) is 4.72. The fourth-order valence-electron chi connectivity index (χ4n) is 1.99. The van der Waals surface area contributed by atoms with Crippen LogP contribution < -0.4 is 5.32 Å². The first kappa shape index (κ1) is 18.0. The SMILES string of the molecule is CCCNC(CCCC(F)(F)F)c1cc(Br)cc(Br)c1. The second-order valence-corrected chi connectivity index (χ2v) is 6.55. The lowest BCUT2D eigenvalue weighted by Crippen LogP contribution is -2.22. The van der Waals surface area contributed by atoms with E-state index in [4.69, 9.17) is 0 Å². The molecule has 0 bridgehead atoms. The number of rotatable bonds is 7. The lowest BCUT2D eigenvalue weighted by Gasteiger charge is -2.20. The molecule has 0 saturated heterocycles. The van der Waals surface area contributed by atoms with Gasteiger partial charge in [0.05, 0.1) is 0 Å². The van der Waals surface area contributed by atoms with E-state index in [9.17, 15) is 13.2 Å². The van der Waals surface area contributed by atoms with Crippen LogP contribution in [0.1, 0.15) is 44.2 Å². The molecule has 1 aromatic rings. The van der Waals surface area contributed by atoms with Crippen molar-refractivity contribution in [1.82, 2.24) is 5.32 Å². The number of nitrogens with one attached hydrogen (secondary N) is 1. The van der Waals surface area contributed by atoms with Crippen LogP contribution in [-0.4, -0.2) is 12.7 Å². The fraction of sp³-hybridized carbons (Fsp3) is 0.571. The van der Waals surface area contributed by atoms with Gasteiger partial charge in [-0.2, -0.15) is 13.2 Å². The molecule has 0 aliphatic carbocycles. The Balaban J connectivity index is 2.72. The van der Waals surface area contributed by atoms with E-state index >= 15 is 0 Å². The molecule has 114 valence electrons. The molecule has 1 N–H and O–H groups in total. The van der Waals surface area contributed by atoms with Crippen LogP contribution in [0.5, 0.6) is 0 Å². The van der Waals surface area contributed by atoms with Crippen LogP contribution in [0, 0.1) is 0 Å². The lowest BCUT2D eigenvalue weighted by molar-refractivity contribution is -0.135. The number of halogens is 5. The number of alkyl halides is 3. The molecule has 1 aromatic carbocycles. The van der Waals surface area contributed by atoms with Crippen molar-refractivity contribution in [1.29, 1.82) is 0 Å². The Bertz CT molecular complexity index is 401. The number of hydrogen-bond acceptors (Lipinski definition) is 1. The van der Waals surface area contributed by atoms with E-state index in [1.807, 2.05) is 25.1 Å². The summed E-state index contributed by atoms with van der Waals surface area (Å²) in [5, 5.41) is 3.32. The zero-order valence-corrected chi connectivity index (χ0v) is 14.4. The molecule has 1 rings (SSSR count). The van der Waals surface area contributed by atoms with E-state index in [0.29, 0.717) is 6.42 Å². The molecule has 0 spiro atoms. The first-order valence-corrected chi connectivity index (χ1v) is 8.16. The molecular formula is C14H18Br2F3N. The largest absolute Gasteiger partial charge is 0.389 e. The van der Waals surface area contributed by atoms with Crippen LogP contribution in [0.2, 0.25) is 0 Å². The van der Waals surface area contributed by atoms with E-state index in [1.165, 1.54) is 0 Å². The van der Waals surface area contributed by atoms with Crippen LogP contribution in [0.3, 0.4) is 0 Å². The van der Waals surface area contributed by atoms with Gasteiger partial charge < -0.3 is 5.32 Å². The second kappa shape index (κ2) is 8.39. The van der Waals surface area contributed by atoms with Crippen molar-refractivity contribution >= 4 is 31.9 Å². The lowest BCUT2D eigenvalue weighted by atomic mass is 10.0. The van der Waals surface area contributed by atoms with Gasteiger partial charge in [-0.25, -0.2) is 0 Å². The summed E-state index contributed by atoms with van der Waals surface area (Å²) < 4.78 is 38.6. The van der Waals surface area contributed by atoms with Gasteiger partial charge in [-0.05, 0) is 49.6 Å². The molecule has 1 unspecified atom stereocenters. The van der Waals surface area contributed by atoms with E-state index in [2.05, 4.69) is 37.2 Å². The molecular weight excluding hydrogens is 399 g/mol. The minimum Gasteiger partial charge on any atom is -0.310 e. The molecule has 20 heavy (non-hydrogen) atoms. The monoisotopic (exact) mass is 415 g/mol. The molecule has 0 saturated carbocycles. The Morgan fingerprint density at radius 2 is 1.75 bits per heavy atom. The predicted octanol–water partition coefficient (Wildman–Crippen LogP) is 5.98. The molecule has 0 heterocycles. The molecule has 0 fully saturated rings. The van der Waals surface area contributed by atoms with Crippen molar-refractivity contribution in [2.24, 2.45) is 0 Å². The van der Waals surface area contributed by atoms with Gasteiger partial charge >= 0.3 is 6.18 Å². The summed E-state index contributed by atoms with van der Waals surface area (Å²) in [6, 6.07) is 5.76. The maximum Gasteiger partial charge on any atom is 0.389 e. The van der Waals surface area contributed by atoms with Crippen molar-refractivity contribution in [3.63, 3.8) is 0 Å². The fourth-order valence-corrected chi connectivity index (χ4v) is 3.32. The minimum atomic E-state index is -4.08. The smallest absolute Gasteiger partial charge is 0.310 e. The average molecular weight is 417 g/mol. The summed E-state index contributed by atoms with van der Waals surface area (Å²) in [6.07, 6.45) is -3.25. The summed E-state index contributed by atoms with van der Waals surface area (Å²) in [7, 11) is 0. The molecule has 6 heteroatoms. The highest BCUT2D eigenvalue weighted by molar-refractivity contribution is 9.11. The average Bonchev–Trinajstić information content (AvgIpc) is 2.30. The van der Waals surface area contributed by atoms with Crippen LogP contribution in [0.15, 0.2) is 27.1 Å². The Morgan fingerprint density at radius 1 is 1.15 bits per heavy atom. The molecule has 0 aliphatic rings. The quantitative estimate of drug-likeness (QED) is 0.575. The van der Waals surface area contributed by atoms with Gasteiger partial charge in [0.15, 0.2) is 0 Å². The van der Waals surface area contributed by atoms with E-state index in [1.54, 1.807) is 0 Å². The van der Waals surface area contributed by atoms with Gasteiger partial charge in [0.1, 0.15) is 0 Å². The van der Waals surface area contributed by atoms with Crippen molar-refractivity contribution < 1.29 is 13.2 Å². The molecule has 0 amide bonds. The normalized spacial score (nSPS) is 13.5. The van der Waals surface area contributed by atoms with Crippen molar-refractivity contribution in [2.75, 3.05) is 6.54 Å². The van der Waals surface area contributed by atoms with Gasteiger partial charge in [0, 0.05) is 21.4 Å². The van der Waals surface area contributed by atoms with Crippen molar-refractivity contribution in [3.05, 3.63) is 32.7 Å². The third-order valence-corrected chi connectivity index (χ3v) is 3.80. The zero-order valence-electron chi connectivity index (χ0n) is 11.2. The molecule has 1 nitrogen and oxygen atoms in total. The summed E-state index contributed by atoms with van der Waals surface area (Å²) in [6.45, 7) is 2.83. The van der Waals surface area contributed by atoms with E-state index < -0.39 is 12.6 Å². The summed E-state index contributed by atoms with van der Waals surface area (Å²) in [5.74, 6) is 0. The van der Waals surface area contributed by atoms with Crippen molar-refractivity contribution in [3.8, 4) is 0 Å². The van der Waals surface area contributed by atoms with E-state index in [-0.39, 0.29) is 12.5 Å². The number of benzene rings is 1. The standard InChI is InChI=1S/C14H18Br2F3N/c1-2-6-20-13(4-3-5-14(17,18)19)10-7-11(15)9-12(16)8-10/h7-9,13,20H,2-6H2,1H3. The Labute approximate surface area is 134 Å². The van der Waals surface area contributed by atoms with Crippen LogP contribution in [-0.2, 0) is 0 Å². The van der Waals surface area contributed by atoms with Crippen LogP contribution in [0.4, 0.5) is 13.2 Å². The van der Waals surface area contributed by atoms with Crippen LogP contribution in [0.25, 0.3) is 0 Å². The highest BCUT2D eigenvalue weighted by atomic mass is 79.9. The van der Waals surface area contributed by atoms with Gasteiger partial charge in [0.25, 0.3) is 0 Å². The van der Waals surface area contributed by atoms with Gasteiger partial charge in [0.2, 0.25) is 0 Å². The topological polar surface area (TPSA) is 12.0 Å². The predicted molar refractivity (Wildman–Crippen MR) is 82.8 cm³/mol. The first-order valence-electron chi connectivity index (χ1n) is 6.58. The molecule has 1 atom stereocenters. The Kier molecular flexibility index (Phi) is 7.54. The molecule has 0 aromatic heterocycles.